The molecule has 0 saturated heterocycles. The topological polar surface area (TPSA) is 62.7 Å². The third-order valence-corrected chi connectivity index (χ3v) is 4.22. The van der Waals surface area contributed by atoms with Crippen LogP contribution in [0.3, 0.4) is 0 Å². The van der Waals surface area contributed by atoms with Crippen molar-refractivity contribution in [2.45, 2.75) is 6.54 Å². The number of rotatable bonds is 4. The van der Waals surface area contributed by atoms with Crippen molar-refractivity contribution in [1.29, 1.82) is 0 Å². The minimum absolute atomic E-state index is 0.0672. The summed E-state index contributed by atoms with van der Waals surface area (Å²) in [6, 6.07) is 10.9. The van der Waals surface area contributed by atoms with E-state index in [2.05, 4.69) is 15.5 Å². The molecule has 9 heteroatoms. The fraction of sp³-hybridized carbons (Fsp3) is 0.0625. The van der Waals surface area contributed by atoms with E-state index in [1.165, 1.54) is 18.2 Å². The molecule has 2 aromatic carbocycles. The van der Waals surface area contributed by atoms with E-state index in [0.717, 1.165) is 5.56 Å². The van der Waals surface area contributed by atoms with Gasteiger partial charge in [0.15, 0.2) is 10.6 Å². The second-order valence-corrected chi connectivity index (χ2v) is 6.35. The Morgan fingerprint density at radius 2 is 1.96 bits per heavy atom. The standard InChI is InChI=1S/C16H11Cl2FN4OS/c17-10-3-1-9(2-4-10)15-21-22-16(25)23(15)8-14(24)20-11-5-6-13(19)12(18)7-11/h1-7H,8H2,(H,20,24)(H,22,25). The molecular weight excluding hydrogens is 386 g/mol. The van der Waals surface area contributed by atoms with Crippen LogP contribution in [-0.4, -0.2) is 20.7 Å². The van der Waals surface area contributed by atoms with Gasteiger partial charge in [-0.3, -0.25) is 14.5 Å². The van der Waals surface area contributed by atoms with Crippen LogP contribution in [-0.2, 0) is 11.3 Å². The van der Waals surface area contributed by atoms with Gasteiger partial charge in [0.1, 0.15) is 12.4 Å². The first-order chi connectivity index (χ1) is 11.9. The molecule has 0 aliphatic heterocycles. The molecule has 0 fully saturated rings. The van der Waals surface area contributed by atoms with Crippen LogP contribution in [0.25, 0.3) is 11.4 Å². The van der Waals surface area contributed by atoms with Gasteiger partial charge < -0.3 is 5.32 Å². The summed E-state index contributed by atoms with van der Waals surface area (Å²) in [5, 5.41) is 9.99. The number of H-pyrrole nitrogens is 1. The summed E-state index contributed by atoms with van der Waals surface area (Å²) in [4.78, 5) is 12.3. The molecule has 3 aromatic rings. The number of anilines is 1. The summed E-state index contributed by atoms with van der Waals surface area (Å²) in [6.45, 7) is -0.0672. The summed E-state index contributed by atoms with van der Waals surface area (Å²) >= 11 is 16.8. The number of nitrogens with zero attached hydrogens (tertiary/aromatic N) is 2. The van der Waals surface area contributed by atoms with Gasteiger partial charge in [-0.25, -0.2) is 4.39 Å². The minimum Gasteiger partial charge on any atom is -0.324 e. The maximum absolute atomic E-state index is 13.2. The summed E-state index contributed by atoms with van der Waals surface area (Å²) in [6.07, 6.45) is 0. The summed E-state index contributed by atoms with van der Waals surface area (Å²) in [7, 11) is 0. The maximum atomic E-state index is 13.2. The Kier molecular flexibility index (Phi) is 5.17. The molecule has 1 amide bonds. The highest BCUT2D eigenvalue weighted by molar-refractivity contribution is 7.71. The molecule has 0 bridgehead atoms. The van der Waals surface area contributed by atoms with Crippen molar-refractivity contribution in [3.63, 3.8) is 0 Å². The number of aromatic amines is 1. The molecule has 5 nitrogen and oxygen atoms in total. The van der Waals surface area contributed by atoms with Gasteiger partial charge in [-0.2, -0.15) is 5.10 Å². The predicted octanol–water partition coefficient (Wildman–Crippen LogP) is 4.69. The smallest absolute Gasteiger partial charge is 0.244 e. The van der Waals surface area contributed by atoms with Gasteiger partial charge in [0, 0.05) is 16.3 Å². The van der Waals surface area contributed by atoms with Gasteiger partial charge in [0.2, 0.25) is 5.91 Å². The zero-order valence-corrected chi connectivity index (χ0v) is 14.9. The summed E-state index contributed by atoms with van der Waals surface area (Å²) in [5.41, 5.74) is 1.15. The van der Waals surface area contributed by atoms with Crippen molar-refractivity contribution in [3.05, 3.63) is 63.1 Å². The van der Waals surface area contributed by atoms with E-state index < -0.39 is 5.82 Å². The second kappa shape index (κ2) is 7.35. The Bertz CT molecular complexity index is 985. The van der Waals surface area contributed by atoms with E-state index >= 15 is 0 Å². The van der Waals surface area contributed by atoms with Gasteiger partial charge in [0.25, 0.3) is 0 Å². The molecule has 0 saturated carbocycles. The highest BCUT2D eigenvalue weighted by Crippen LogP contribution is 2.21. The van der Waals surface area contributed by atoms with Crippen LogP contribution in [0.1, 0.15) is 0 Å². The van der Waals surface area contributed by atoms with Gasteiger partial charge in [-0.15, -0.1) is 0 Å². The molecule has 0 radical (unpaired) electrons. The first-order valence-corrected chi connectivity index (χ1v) is 8.26. The van der Waals surface area contributed by atoms with Crippen molar-refractivity contribution in [2.24, 2.45) is 0 Å². The molecule has 128 valence electrons. The summed E-state index contributed by atoms with van der Waals surface area (Å²) in [5.74, 6) is -0.397. The van der Waals surface area contributed by atoms with Crippen LogP contribution in [0.4, 0.5) is 10.1 Å². The maximum Gasteiger partial charge on any atom is 0.244 e. The molecule has 0 unspecified atom stereocenters. The largest absolute Gasteiger partial charge is 0.324 e. The van der Waals surface area contributed by atoms with Gasteiger partial charge in [-0.05, 0) is 54.7 Å². The molecule has 0 aliphatic carbocycles. The number of nitrogens with one attached hydrogen (secondary N) is 2. The van der Waals surface area contributed by atoms with Crippen LogP contribution in [0.2, 0.25) is 10.0 Å². The first-order valence-electron chi connectivity index (χ1n) is 7.10. The molecule has 0 aliphatic rings. The highest BCUT2D eigenvalue weighted by atomic mass is 35.5. The zero-order chi connectivity index (χ0) is 18.0. The number of benzene rings is 2. The predicted molar refractivity (Wildman–Crippen MR) is 97.9 cm³/mol. The first kappa shape index (κ1) is 17.6. The van der Waals surface area contributed by atoms with Crippen LogP contribution >= 0.6 is 35.4 Å². The van der Waals surface area contributed by atoms with Crippen molar-refractivity contribution in [1.82, 2.24) is 14.8 Å². The summed E-state index contributed by atoms with van der Waals surface area (Å²) < 4.78 is 15.0. The van der Waals surface area contributed by atoms with Gasteiger partial charge in [0.05, 0.1) is 5.02 Å². The lowest BCUT2D eigenvalue weighted by Crippen LogP contribution is -2.19. The number of aromatic nitrogens is 3. The minimum atomic E-state index is -0.554. The average molecular weight is 397 g/mol. The van der Waals surface area contributed by atoms with Gasteiger partial charge >= 0.3 is 0 Å². The molecule has 3 rings (SSSR count). The van der Waals surface area contributed by atoms with E-state index in [1.807, 2.05) is 0 Å². The second-order valence-electron chi connectivity index (χ2n) is 5.12. The van der Waals surface area contributed by atoms with E-state index in [4.69, 9.17) is 35.4 Å². The fourth-order valence-corrected chi connectivity index (χ4v) is 2.70. The van der Waals surface area contributed by atoms with E-state index in [0.29, 0.717) is 21.3 Å². The van der Waals surface area contributed by atoms with E-state index in [9.17, 15) is 9.18 Å². The Morgan fingerprint density at radius 3 is 2.64 bits per heavy atom. The average Bonchev–Trinajstić information content (AvgIpc) is 2.93. The SMILES string of the molecule is O=C(Cn1c(-c2ccc(Cl)cc2)n[nH]c1=S)Nc1ccc(F)c(Cl)c1. The molecule has 0 spiro atoms. The van der Waals surface area contributed by atoms with Crippen LogP contribution < -0.4 is 5.32 Å². The highest BCUT2D eigenvalue weighted by Gasteiger charge is 2.13. The van der Waals surface area contributed by atoms with E-state index in [-0.39, 0.29) is 17.5 Å². The molecule has 2 N–H and O–H groups in total. The molecule has 0 atom stereocenters. The molecule has 1 heterocycles. The lowest BCUT2D eigenvalue weighted by molar-refractivity contribution is -0.116. The lowest BCUT2D eigenvalue weighted by Gasteiger charge is -2.09. The number of amides is 1. The normalized spacial score (nSPS) is 10.7. The monoisotopic (exact) mass is 396 g/mol. The molecule has 1 aromatic heterocycles. The number of hydrogen-bond donors (Lipinski definition) is 2. The Morgan fingerprint density at radius 1 is 1.24 bits per heavy atom. The third-order valence-electron chi connectivity index (χ3n) is 3.37. The molecular formula is C16H11Cl2FN4OS. The van der Waals surface area contributed by atoms with Crippen LogP contribution in [0.5, 0.6) is 0 Å². The van der Waals surface area contributed by atoms with Crippen LogP contribution in [0, 0.1) is 10.6 Å². The Balaban J connectivity index is 1.81. The number of halogens is 3. The Labute approximate surface area is 157 Å². The van der Waals surface area contributed by atoms with Crippen molar-refractivity contribution < 1.29 is 9.18 Å². The van der Waals surface area contributed by atoms with Crippen molar-refractivity contribution in [3.8, 4) is 11.4 Å². The van der Waals surface area contributed by atoms with Gasteiger partial charge in [-0.1, -0.05) is 23.2 Å². The van der Waals surface area contributed by atoms with Crippen molar-refractivity contribution >= 4 is 47.0 Å². The number of carbonyl (C=O) groups excluding carboxylic acids is 1. The quantitative estimate of drug-likeness (QED) is 0.628. The van der Waals surface area contributed by atoms with Crippen molar-refractivity contribution in [2.75, 3.05) is 5.32 Å². The molecule has 25 heavy (non-hydrogen) atoms. The van der Waals surface area contributed by atoms with E-state index in [1.54, 1.807) is 28.8 Å². The third kappa shape index (κ3) is 4.07. The van der Waals surface area contributed by atoms with Crippen LogP contribution in [0.15, 0.2) is 42.5 Å². The fourth-order valence-electron chi connectivity index (χ4n) is 2.20. The number of hydrogen-bond acceptors (Lipinski definition) is 3. The Hall–Kier alpha value is -2.22. The lowest BCUT2D eigenvalue weighted by atomic mass is 10.2. The number of carbonyl (C=O) groups is 1. The zero-order valence-electron chi connectivity index (χ0n) is 12.6.